The smallest absolute Gasteiger partial charge is 0.261 e. The van der Waals surface area contributed by atoms with Crippen LogP contribution in [-0.2, 0) is 0 Å². The minimum Gasteiger partial charge on any atom is -0.491 e. The van der Waals surface area contributed by atoms with Crippen LogP contribution in [0.25, 0.3) is 0 Å². The molecule has 25 heavy (non-hydrogen) atoms. The Morgan fingerprint density at radius 1 is 1.08 bits per heavy atom. The van der Waals surface area contributed by atoms with Gasteiger partial charge >= 0.3 is 0 Å². The third-order valence-corrected chi connectivity index (χ3v) is 4.65. The summed E-state index contributed by atoms with van der Waals surface area (Å²) in [5, 5.41) is 10.6. The van der Waals surface area contributed by atoms with E-state index in [1.54, 1.807) is 6.07 Å². The van der Waals surface area contributed by atoms with Gasteiger partial charge in [0.25, 0.3) is 11.8 Å². The van der Waals surface area contributed by atoms with Gasteiger partial charge in [-0.3, -0.25) is 14.5 Å². The number of hydrogen-bond donors (Lipinski definition) is 1. The molecule has 7 heteroatoms. The second-order valence-corrected chi connectivity index (χ2v) is 6.58. The normalized spacial score (nSPS) is 14.6. The number of imide groups is 1. The summed E-state index contributed by atoms with van der Waals surface area (Å²) in [6.45, 7) is 1.67. The van der Waals surface area contributed by atoms with E-state index >= 15 is 0 Å². The standard InChI is InChI=1S/C18H15Cl2NO4/c1-10-4-2-3-5-16(10)25-9-11(22)8-21-17(23)12-6-14(19)15(20)7-13(12)18(21)24/h2-7,11,22H,8-9H2,1H3/t11-/m0/s1. The van der Waals surface area contributed by atoms with E-state index in [9.17, 15) is 14.7 Å². The lowest BCUT2D eigenvalue weighted by Crippen LogP contribution is -2.39. The van der Waals surface area contributed by atoms with E-state index in [2.05, 4.69) is 0 Å². The lowest BCUT2D eigenvalue weighted by Gasteiger charge is -2.19. The molecule has 5 nitrogen and oxygen atoms in total. The molecule has 0 unspecified atom stereocenters. The highest BCUT2D eigenvalue weighted by Crippen LogP contribution is 2.31. The van der Waals surface area contributed by atoms with Crippen LogP contribution in [0.5, 0.6) is 5.75 Å². The van der Waals surface area contributed by atoms with Gasteiger partial charge in [0.2, 0.25) is 0 Å². The number of β-amino-alcohol motifs (C(OH)–C–C–N with tert-alkyl or cyclic N) is 1. The number of fused-ring (bicyclic) bond motifs is 1. The van der Waals surface area contributed by atoms with Crippen LogP contribution in [0.15, 0.2) is 36.4 Å². The van der Waals surface area contributed by atoms with Crippen LogP contribution >= 0.6 is 23.2 Å². The van der Waals surface area contributed by atoms with Crippen LogP contribution in [0.2, 0.25) is 10.0 Å². The molecule has 2 aromatic rings. The minimum atomic E-state index is -1.02. The molecule has 1 heterocycles. The topological polar surface area (TPSA) is 66.8 Å². The second-order valence-electron chi connectivity index (χ2n) is 5.76. The summed E-state index contributed by atoms with van der Waals surface area (Å²) in [7, 11) is 0. The number of carbonyl (C=O) groups is 2. The molecule has 0 aromatic heterocycles. The van der Waals surface area contributed by atoms with Gasteiger partial charge in [-0.2, -0.15) is 0 Å². The molecule has 0 fully saturated rings. The van der Waals surface area contributed by atoms with Crippen LogP contribution in [-0.4, -0.2) is 41.1 Å². The molecule has 0 saturated carbocycles. The molecule has 0 radical (unpaired) electrons. The van der Waals surface area contributed by atoms with Crippen molar-refractivity contribution in [3.05, 3.63) is 63.1 Å². The van der Waals surface area contributed by atoms with Crippen molar-refractivity contribution < 1.29 is 19.4 Å². The highest BCUT2D eigenvalue weighted by Gasteiger charge is 2.37. The van der Waals surface area contributed by atoms with Crippen LogP contribution in [0.3, 0.4) is 0 Å². The maximum atomic E-state index is 12.4. The first-order valence-corrected chi connectivity index (χ1v) is 8.36. The largest absolute Gasteiger partial charge is 0.491 e. The molecule has 0 bridgehead atoms. The first kappa shape index (κ1) is 17.7. The maximum Gasteiger partial charge on any atom is 0.261 e. The van der Waals surface area contributed by atoms with Crippen LogP contribution in [0.1, 0.15) is 26.3 Å². The number of aliphatic hydroxyl groups is 1. The Kier molecular flexibility index (Phi) is 4.99. The predicted octanol–water partition coefficient (Wildman–Crippen LogP) is 3.34. The average Bonchev–Trinajstić information content (AvgIpc) is 2.79. The molecule has 0 spiro atoms. The Balaban J connectivity index is 1.68. The van der Waals surface area contributed by atoms with Gasteiger partial charge in [-0.25, -0.2) is 0 Å². The van der Waals surface area contributed by atoms with Gasteiger partial charge in [0, 0.05) is 0 Å². The Labute approximate surface area is 154 Å². The molecule has 1 N–H and O–H groups in total. The number of hydrogen-bond acceptors (Lipinski definition) is 4. The van der Waals surface area contributed by atoms with E-state index in [0.29, 0.717) is 5.75 Å². The van der Waals surface area contributed by atoms with Crippen molar-refractivity contribution in [2.75, 3.05) is 13.2 Å². The van der Waals surface area contributed by atoms with E-state index in [4.69, 9.17) is 27.9 Å². The zero-order chi connectivity index (χ0) is 18.1. The second kappa shape index (κ2) is 7.04. The third-order valence-electron chi connectivity index (χ3n) is 3.93. The zero-order valence-corrected chi connectivity index (χ0v) is 14.8. The molecule has 1 aliphatic heterocycles. The maximum absolute atomic E-state index is 12.4. The van der Waals surface area contributed by atoms with Crippen LogP contribution < -0.4 is 4.74 Å². The van der Waals surface area contributed by atoms with Gasteiger partial charge in [0.15, 0.2) is 0 Å². The average molecular weight is 380 g/mol. The Morgan fingerprint density at radius 3 is 2.20 bits per heavy atom. The molecule has 1 atom stereocenters. The van der Waals surface area contributed by atoms with Crippen molar-refractivity contribution in [3.8, 4) is 5.75 Å². The summed E-state index contributed by atoms with van der Waals surface area (Å²) < 4.78 is 5.55. The number of aryl methyl sites for hydroxylation is 1. The molecule has 2 amide bonds. The van der Waals surface area contributed by atoms with Crippen molar-refractivity contribution in [3.63, 3.8) is 0 Å². The molecular formula is C18H15Cl2NO4. The number of para-hydroxylation sites is 1. The molecular weight excluding hydrogens is 365 g/mol. The summed E-state index contributed by atoms with van der Waals surface area (Å²) >= 11 is 11.8. The SMILES string of the molecule is Cc1ccccc1OC[C@@H](O)CN1C(=O)c2cc(Cl)c(Cl)cc2C1=O. The highest BCUT2D eigenvalue weighted by molar-refractivity contribution is 6.43. The fourth-order valence-corrected chi connectivity index (χ4v) is 2.94. The van der Waals surface area contributed by atoms with Crippen LogP contribution in [0, 0.1) is 6.92 Å². The Bertz CT molecular complexity index is 812. The van der Waals surface area contributed by atoms with Gasteiger partial charge in [0.1, 0.15) is 18.5 Å². The van der Waals surface area contributed by atoms with Crippen LogP contribution in [0.4, 0.5) is 0 Å². The number of halogens is 2. The van der Waals surface area contributed by atoms with Crippen molar-refractivity contribution in [2.24, 2.45) is 0 Å². The quantitative estimate of drug-likeness (QED) is 0.808. The number of carbonyl (C=O) groups excluding carboxylic acids is 2. The Hall–Kier alpha value is -2.08. The van der Waals surface area contributed by atoms with E-state index < -0.39 is 17.9 Å². The van der Waals surface area contributed by atoms with Crippen molar-refractivity contribution in [2.45, 2.75) is 13.0 Å². The lowest BCUT2D eigenvalue weighted by molar-refractivity contribution is 0.0456. The molecule has 2 aromatic carbocycles. The zero-order valence-electron chi connectivity index (χ0n) is 13.3. The number of rotatable bonds is 5. The molecule has 1 aliphatic rings. The summed E-state index contributed by atoms with van der Waals surface area (Å²) in [5.41, 5.74) is 1.30. The third kappa shape index (κ3) is 3.49. The fourth-order valence-electron chi connectivity index (χ4n) is 2.62. The molecule has 0 saturated heterocycles. The summed E-state index contributed by atoms with van der Waals surface area (Å²) in [4.78, 5) is 25.7. The van der Waals surface area contributed by atoms with Crippen molar-refractivity contribution in [1.29, 1.82) is 0 Å². The summed E-state index contributed by atoms with van der Waals surface area (Å²) in [6, 6.07) is 10.1. The number of nitrogens with zero attached hydrogens (tertiary/aromatic N) is 1. The van der Waals surface area contributed by atoms with Gasteiger partial charge in [0.05, 0.1) is 27.7 Å². The molecule has 130 valence electrons. The predicted molar refractivity (Wildman–Crippen MR) is 94.5 cm³/mol. The van der Waals surface area contributed by atoms with E-state index in [1.165, 1.54) is 12.1 Å². The van der Waals surface area contributed by atoms with Gasteiger partial charge < -0.3 is 9.84 Å². The highest BCUT2D eigenvalue weighted by atomic mass is 35.5. The first-order valence-electron chi connectivity index (χ1n) is 7.60. The van der Waals surface area contributed by atoms with Crippen molar-refractivity contribution >= 4 is 35.0 Å². The number of aliphatic hydroxyl groups excluding tert-OH is 1. The summed E-state index contributed by atoms with van der Waals surface area (Å²) in [5.74, 6) is -0.371. The van der Waals surface area contributed by atoms with Gasteiger partial charge in [-0.05, 0) is 30.7 Å². The first-order chi connectivity index (χ1) is 11.9. The molecule has 3 rings (SSSR count). The van der Waals surface area contributed by atoms with Gasteiger partial charge in [-0.1, -0.05) is 41.4 Å². The Morgan fingerprint density at radius 2 is 1.64 bits per heavy atom. The number of benzene rings is 2. The minimum absolute atomic E-state index is 0.0419. The van der Waals surface area contributed by atoms with E-state index in [0.717, 1.165) is 10.5 Å². The van der Waals surface area contributed by atoms with E-state index in [-0.39, 0.29) is 34.3 Å². The molecule has 0 aliphatic carbocycles. The number of ether oxygens (including phenoxy) is 1. The summed E-state index contributed by atoms with van der Waals surface area (Å²) in [6.07, 6.45) is -1.02. The van der Waals surface area contributed by atoms with E-state index in [1.807, 2.05) is 25.1 Å². The van der Waals surface area contributed by atoms with Crippen molar-refractivity contribution in [1.82, 2.24) is 4.90 Å². The monoisotopic (exact) mass is 379 g/mol. The fraction of sp³-hybridized carbons (Fsp3) is 0.222. The lowest BCUT2D eigenvalue weighted by atomic mass is 10.1. The number of amides is 2. The van der Waals surface area contributed by atoms with Gasteiger partial charge in [-0.15, -0.1) is 0 Å².